The molecule has 11 heteroatoms. The first-order valence-electron chi connectivity index (χ1n) is 15.1. The van der Waals surface area contributed by atoms with E-state index in [1.165, 1.54) is 19.3 Å². The van der Waals surface area contributed by atoms with Crippen molar-refractivity contribution in [2.75, 3.05) is 57.1 Å². The number of nitrogens with zero attached hydrogens (tertiary/aromatic N) is 4. The molecule has 0 amide bonds. The largest absolute Gasteiger partial charge is 0.495 e. The molecule has 0 spiro atoms. The molecule has 2 N–H and O–H groups in total. The molecule has 6 rings (SSSR count). The van der Waals surface area contributed by atoms with Crippen LogP contribution in [-0.4, -0.2) is 81.2 Å². The average molecular weight is 593 g/mol. The van der Waals surface area contributed by atoms with Crippen molar-refractivity contribution in [2.24, 2.45) is 0 Å². The summed E-state index contributed by atoms with van der Waals surface area (Å²) in [4.78, 5) is 7.47. The predicted octanol–water partition coefficient (Wildman–Crippen LogP) is 4.53. The van der Waals surface area contributed by atoms with Crippen molar-refractivity contribution in [1.29, 1.82) is 5.26 Å². The van der Waals surface area contributed by atoms with Crippen LogP contribution in [0.2, 0.25) is 0 Å². The second kappa shape index (κ2) is 12.6. The van der Waals surface area contributed by atoms with Crippen LogP contribution >= 0.6 is 0 Å². The Labute approximate surface area is 248 Å². The normalized spacial score (nSPS) is 20.9. The number of ether oxygens (including phenoxy) is 2. The molecule has 224 valence electrons. The fraction of sp³-hybridized carbons (Fsp3) is 0.548. The number of aromatic nitrogens is 1. The number of nitrogens with one attached hydrogen (secondary N) is 2. The number of methoxy groups -OCH3 is 1. The molecule has 0 atom stereocenters. The first kappa shape index (κ1) is 28.9. The van der Waals surface area contributed by atoms with Crippen LogP contribution in [0.4, 0.5) is 17.2 Å². The zero-order chi connectivity index (χ0) is 29.1. The number of sulfonamides is 1. The van der Waals surface area contributed by atoms with Gasteiger partial charge in [-0.3, -0.25) is 4.90 Å². The molecule has 1 saturated carbocycles. The van der Waals surface area contributed by atoms with E-state index < -0.39 is 10.0 Å². The van der Waals surface area contributed by atoms with Crippen LogP contribution in [0.5, 0.6) is 5.75 Å². The van der Waals surface area contributed by atoms with Gasteiger partial charge >= 0.3 is 0 Å². The second-order valence-electron chi connectivity index (χ2n) is 11.6. The molecular formula is C31H40N6O4S. The molecule has 2 aliphatic carbocycles. The van der Waals surface area contributed by atoms with E-state index in [-0.39, 0.29) is 4.90 Å². The maximum absolute atomic E-state index is 13.6. The monoisotopic (exact) mass is 592 g/mol. The Kier molecular flexibility index (Phi) is 8.67. The number of nitriles is 1. The molecule has 3 fully saturated rings. The number of piperidine rings is 1. The van der Waals surface area contributed by atoms with Gasteiger partial charge < -0.3 is 20.1 Å². The molecule has 10 nitrogen and oxygen atoms in total. The third-order valence-corrected chi connectivity index (χ3v) is 10.9. The molecule has 0 radical (unpaired) electrons. The lowest BCUT2D eigenvalue weighted by molar-refractivity contribution is 0.00610. The fourth-order valence-electron chi connectivity index (χ4n) is 6.71. The zero-order valence-corrected chi connectivity index (χ0v) is 25.1. The van der Waals surface area contributed by atoms with Crippen molar-refractivity contribution in [1.82, 2.24) is 14.2 Å². The highest BCUT2D eigenvalue weighted by atomic mass is 32.2. The smallest absolute Gasteiger partial charge is 0.243 e. The van der Waals surface area contributed by atoms with Gasteiger partial charge in [-0.05, 0) is 37.8 Å². The molecule has 42 heavy (non-hydrogen) atoms. The maximum Gasteiger partial charge on any atom is 0.243 e. The highest BCUT2D eigenvalue weighted by Crippen LogP contribution is 2.38. The number of rotatable bonds is 8. The van der Waals surface area contributed by atoms with Crippen LogP contribution in [0.3, 0.4) is 0 Å². The Morgan fingerprint density at radius 3 is 2.50 bits per heavy atom. The molecule has 0 bridgehead atoms. The summed E-state index contributed by atoms with van der Waals surface area (Å²) in [5.41, 5.74) is 3.94. The first-order chi connectivity index (χ1) is 20.5. The van der Waals surface area contributed by atoms with Gasteiger partial charge in [-0.15, -0.1) is 0 Å². The van der Waals surface area contributed by atoms with Crippen molar-refractivity contribution >= 4 is 32.8 Å². The molecule has 3 heterocycles. The molecule has 2 aliphatic heterocycles. The standard InChI is InChI=1S/C31H40N6O4S/c1-40-29-19-25(42(38,39)37-13-11-24(12-14-37)36-15-17-41-18-16-36)8-10-26(29)34-30-20-28(33-23-5-3-2-4-6-23)31-22(21-32)7-9-27(31)35-30/h7-8,10,19-20,23-24H,2-6,9,11-18H2,1H3,(H2,33,34,35). The number of anilines is 3. The third-order valence-electron chi connectivity index (χ3n) is 9.01. The molecule has 2 saturated heterocycles. The zero-order valence-electron chi connectivity index (χ0n) is 24.3. The summed E-state index contributed by atoms with van der Waals surface area (Å²) < 4.78 is 39.9. The van der Waals surface area contributed by atoms with Crippen LogP contribution in [0, 0.1) is 11.3 Å². The van der Waals surface area contributed by atoms with E-state index in [4.69, 9.17) is 14.5 Å². The van der Waals surface area contributed by atoms with Gasteiger partial charge in [0, 0.05) is 68.1 Å². The molecule has 1 aromatic heterocycles. The summed E-state index contributed by atoms with van der Waals surface area (Å²) in [6.07, 6.45) is 10.1. The Balaban J connectivity index is 1.19. The SMILES string of the molecule is COc1cc(S(=O)(=O)N2CCC(N3CCOCC3)CC2)ccc1Nc1cc(NC2CCCCC2)c2c(n1)CC=C2C#N. The van der Waals surface area contributed by atoms with Crippen LogP contribution in [0.15, 0.2) is 35.2 Å². The second-order valence-corrected chi connectivity index (χ2v) is 13.5. The van der Waals surface area contributed by atoms with Crippen LogP contribution in [0.1, 0.15) is 56.2 Å². The van der Waals surface area contributed by atoms with E-state index >= 15 is 0 Å². The van der Waals surface area contributed by atoms with E-state index in [0.29, 0.717) is 54.4 Å². The maximum atomic E-state index is 13.6. The molecule has 2 aromatic rings. The Morgan fingerprint density at radius 1 is 1.02 bits per heavy atom. The highest BCUT2D eigenvalue weighted by molar-refractivity contribution is 7.89. The minimum atomic E-state index is -3.66. The van der Waals surface area contributed by atoms with Gasteiger partial charge in [-0.2, -0.15) is 9.57 Å². The average Bonchev–Trinajstić information content (AvgIpc) is 3.45. The lowest BCUT2D eigenvalue weighted by Gasteiger charge is -2.39. The van der Waals surface area contributed by atoms with Gasteiger partial charge in [-0.25, -0.2) is 13.4 Å². The minimum absolute atomic E-state index is 0.221. The van der Waals surface area contributed by atoms with E-state index in [0.717, 1.165) is 68.9 Å². The quantitative estimate of drug-likeness (QED) is 0.456. The van der Waals surface area contributed by atoms with Crippen LogP contribution in [-0.2, 0) is 21.2 Å². The van der Waals surface area contributed by atoms with E-state index in [2.05, 4.69) is 21.6 Å². The van der Waals surface area contributed by atoms with Crippen molar-refractivity contribution in [3.05, 3.63) is 41.6 Å². The number of hydrogen-bond acceptors (Lipinski definition) is 9. The van der Waals surface area contributed by atoms with E-state index in [9.17, 15) is 13.7 Å². The van der Waals surface area contributed by atoms with Crippen molar-refractivity contribution < 1.29 is 17.9 Å². The van der Waals surface area contributed by atoms with Gasteiger partial charge in [-0.1, -0.05) is 25.3 Å². The number of allylic oxidation sites excluding steroid dienone is 2. The molecule has 1 aromatic carbocycles. The van der Waals surface area contributed by atoms with Crippen molar-refractivity contribution in [2.45, 2.75) is 68.3 Å². The Hall–Kier alpha value is -3.17. The summed E-state index contributed by atoms with van der Waals surface area (Å²) in [6, 6.07) is 10.0. The minimum Gasteiger partial charge on any atom is -0.495 e. The Bertz CT molecular complexity index is 1470. The molecule has 4 aliphatic rings. The third kappa shape index (κ3) is 5.99. The fourth-order valence-corrected chi connectivity index (χ4v) is 8.19. The number of hydrogen-bond donors (Lipinski definition) is 2. The van der Waals surface area contributed by atoms with Gasteiger partial charge in [0.15, 0.2) is 0 Å². The number of morpholine rings is 1. The topological polar surface area (TPSA) is 120 Å². The molecule has 0 unspecified atom stereocenters. The lowest BCUT2D eigenvalue weighted by atomic mass is 9.95. The predicted molar refractivity (Wildman–Crippen MR) is 162 cm³/mol. The molecular weight excluding hydrogens is 552 g/mol. The summed E-state index contributed by atoms with van der Waals surface area (Å²) in [7, 11) is -2.12. The van der Waals surface area contributed by atoms with E-state index in [1.54, 1.807) is 29.6 Å². The lowest BCUT2D eigenvalue weighted by Crippen LogP contribution is -2.50. The van der Waals surface area contributed by atoms with Gasteiger partial charge in [0.1, 0.15) is 11.6 Å². The van der Waals surface area contributed by atoms with Crippen molar-refractivity contribution in [3.63, 3.8) is 0 Å². The number of benzene rings is 1. The van der Waals surface area contributed by atoms with Crippen LogP contribution < -0.4 is 15.4 Å². The van der Waals surface area contributed by atoms with E-state index in [1.807, 2.05) is 12.1 Å². The first-order valence-corrected chi connectivity index (χ1v) is 16.6. The van der Waals surface area contributed by atoms with Gasteiger partial charge in [0.2, 0.25) is 10.0 Å². The summed E-state index contributed by atoms with van der Waals surface area (Å²) in [5.74, 6) is 1.05. The Morgan fingerprint density at radius 2 is 1.79 bits per heavy atom. The number of fused-ring (bicyclic) bond motifs is 1. The summed E-state index contributed by atoms with van der Waals surface area (Å²) >= 11 is 0. The van der Waals surface area contributed by atoms with Crippen molar-refractivity contribution in [3.8, 4) is 11.8 Å². The summed E-state index contributed by atoms with van der Waals surface area (Å²) in [6.45, 7) is 4.32. The number of pyridine rings is 1. The highest BCUT2D eigenvalue weighted by Gasteiger charge is 2.33. The summed E-state index contributed by atoms with van der Waals surface area (Å²) in [5, 5.41) is 16.8. The van der Waals surface area contributed by atoms with Gasteiger partial charge in [0.05, 0.1) is 48.2 Å². The van der Waals surface area contributed by atoms with Crippen LogP contribution in [0.25, 0.3) is 5.57 Å². The van der Waals surface area contributed by atoms with Gasteiger partial charge in [0.25, 0.3) is 0 Å².